The molecule has 1 saturated heterocycles. The number of fused-ring (bicyclic) bond motifs is 1. The fourth-order valence-corrected chi connectivity index (χ4v) is 4.07. The molecule has 3 rings (SSSR count). The van der Waals surface area contributed by atoms with Crippen LogP contribution in [0.15, 0.2) is 18.3 Å². The van der Waals surface area contributed by atoms with Crippen molar-refractivity contribution in [2.24, 2.45) is 0 Å². The third kappa shape index (κ3) is 4.17. The minimum absolute atomic E-state index is 0.131. The lowest BCUT2D eigenvalue weighted by Gasteiger charge is -2.37. The van der Waals surface area contributed by atoms with E-state index in [0.29, 0.717) is 49.8 Å². The van der Waals surface area contributed by atoms with Crippen molar-refractivity contribution in [3.05, 3.63) is 29.7 Å². The molecule has 0 radical (unpaired) electrons. The predicted molar refractivity (Wildman–Crippen MR) is 104 cm³/mol. The smallest absolute Gasteiger partial charge is 0.255 e. The summed E-state index contributed by atoms with van der Waals surface area (Å²) < 4.78 is 32.2. The van der Waals surface area contributed by atoms with Crippen molar-refractivity contribution in [2.75, 3.05) is 60.2 Å². The Morgan fingerprint density at radius 2 is 2.07 bits per heavy atom. The molecule has 1 aliphatic rings. The van der Waals surface area contributed by atoms with Crippen LogP contribution in [0, 0.1) is 0 Å². The average Bonchev–Trinajstić information content (AvgIpc) is 3.07. The Hall–Kier alpha value is -2.08. The van der Waals surface area contributed by atoms with E-state index >= 15 is 0 Å². The van der Waals surface area contributed by atoms with Crippen LogP contribution in [0.1, 0.15) is 22.2 Å². The standard InChI is InChI=1S/C17H26N6O4S/c1-20-7-8-22(28(4,25)26)12-14(20)16-19-18-15-6-5-13(11-23(15)16)17(24)21(2)9-10-27-3/h5-6,11,14H,7-10,12H2,1-4H3. The van der Waals surface area contributed by atoms with Crippen LogP contribution in [-0.2, 0) is 14.8 Å². The Bertz CT molecular complexity index is 960. The molecule has 1 aliphatic heterocycles. The van der Waals surface area contributed by atoms with Crippen molar-refractivity contribution in [1.82, 2.24) is 28.7 Å². The highest BCUT2D eigenvalue weighted by Gasteiger charge is 2.33. The fraction of sp³-hybridized carbons (Fsp3) is 0.588. The maximum atomic E-state index is 12.7. The van der Waals surface area contributed by atoms with Crippen LogP contribution < -0.4 is 0 Å². The topological polar surface area (TPSA) is 100 Å². The summed E-state index contributed by atoms with van der Waals surface area (Å²) in [7, 11) is 1.95. The summed E-state index contributed by atoms with van der Waals surface area (Å²) >= 11 is 0. The van der Waals surface area contributed by atoms with E-state index in [4.69, 9.17) is 4.74 Å². The molecular weight excluding hydrogens is 384 g/mol. The van der Waals surface area contributed by atoms with Gasteiger partial charge in [-0.1, -0.05) is 0 Å². The Kier molecular flexibility index (Phi) is 5.98. The van der Waals surface area contributed by atoms with Gasteiger partial charge in [0, 0.05) is 46.5 Å². The first-order valence-corrected chi connectivity index (χ1v) is 10.8. The van der Waals surface area contributed by atoms with E-state index in [2.05, 4.69) is 15.1 Å². The van der Waals surface area contributed by atoms with Crippen molar-refractivity contribution < 1.29 is 17.9 Å². The van der Waals surface area contributed by atoms with Crippen molar-refractivity contribution in [1.29, 1.82) is 0 Å². The molecule has 154 valence electrons. The Labute approximate surface area is 164 Å². The highest BCUT2D eigenvalue weighted by atomic mass is 32.2. The largest absolute Gasteiger partial charge is 0.383 e. The number of hydrogen-bond acceptors (Lipinski definition) is 7. The highest BCUT2D eigenvalue weighted by molar-refractivity contribution is 7.88. The van der Waals surface area contributed by atoms with E-state index in [1.165, 1.54) is 10.6 Å². The van der Waals surface area contributed by atoms with E-state index in [9.17, 15) is 13.2 Å². The number of rotatable bonds is 6. The first-order chi connectivity index (χ1) is 13.2. The number of amides is 1. The van der Waals surface area contributed by atoms with Gasteiger partial charge >= 0.3 is 0 Å². The van der Waals surface area contributed by atoms with Gasteiger partial charge in [-0.3, -0.25) is 14.1 Å². The third-order valence-electron chi connectivity index (χ3n) is 5.03. The van der Waals surface area contributed by atoms with Crippen LogP contribution in [0.2, 0.25) is 0 Å². The van der Waals surface area contributed by atoms with Crippen molar-refractivity contribution in [2.45, 2.75) is 6.04 Å². The molecule has 3 heterocycles. The molecule has 1 amide bonds. The molecule has 0 aliphatic carbocycles. The zero-order chi connectivity index (χ0) is 20.5. The number of likely N-dealkylation sites (N-methyl/N-ethyl adjacent to an activating group) is 2. The number of methoxy groups -OCH3 is 1. The van der Waals surface area contributed by atoms with Gasteiger partial charge in [0.25, 0.3) is 5.91 Å². The van der Waals surface area contributed by atoms with Gasteiger partial charge in [-0.15, -0.1) is 10.2 Å². The number of sulfonamides is 1. The number of carbonyl (C=O) groups is 1. The molecule has 0 bridgehead atoms. The predicted octanol–water partition coefficient (Wildman–Crippen LogP) is -0.304. The molecule has 10 nitrogen and oxygen atoms in total. The number of carbonyl (C=O) groups excluding carboxylic acids is 1. The number of hydrogen-bond donors (Lipinski definition) is 0. The van der Waals surface area contributed by atoms with Gasteiger partial charge in [0.15, 0.2) is 11.5 Å². The zero-order valence-electron chi connectivity index (χ0n) is 16.6. The summed E-state index contributed by atoms with van der Waals surface area (Å²) in [5.74, 6) is 0.480. The van der Waals surface area contributed by atoms with Gasteiger partial charge in [0.1, 0.15) is 0 Å². The summed E-state index contributed by atoms with van der Waals surface area (Å²) in [5, 5.41) is 8.47. The molecule has 0 saturated carbocycles. The fourth-order valence-electron chi connectivity index (χ4n) is 3.24. The van der Waals surface area contributed by atoms with Crippen molar-refractivity contribution in [3.8, 4) is 0 Å². The van der Waals surface area contributed by atoms with E-state index in [1.807, 2.05) is 7.05 Å². The minimum atomic E-state index is -3.29. The molecule has 1 atom stereocenters. The van der Waals surface area contributed by atoms with Crippen LogP contribution in [-0.4, -0.2) is 103 Å². The number of ether oxygens (including phenoxy) is 1. The molecular formula is C17H26N6O4S. The van der Waals surface area contributed by atoms with Gasteiger partial charge < -0.3 is 9.64 Å². The molecule has 1 unspecified atom stereocenters. The maximum Gasteiger partial charge on any atom is 0.255 e. The quantitative estimate of drug-likeness (QED) is 0.644. The van der Waals surface area contributed by atoms with Gasteiger partial charge in [0.05, 0.1) is 24.5 Å². The van der Waals surface area contributed by atoms with E-state index in [0.717, 1.165) is 0 Å². The Balaban J connectivity index is 1.93. The first-order valence-electron chi connectivity index (χ1n) is 8.97. The van der Waals surface area contributed by atoms with E-state index in [1.54, 1.807) is 41.8 Å². The summed E-state index contributed by atoms with van der Waals surface area (Å²) in [6.45, 7) is 2.26. The monoisotopic (exact) mass is 410 g/mol. The lowest BCUT2D eigenvalue weighted by molar-refractivity contribution is 0.0743. The number of nitrogens with zero attached hydrogens (tertiary/aromatic N) is 6. The summed E-state index contributed by atoms with van der Waals surface area (Å²) in [6, 6.07) is 3.20. The summed E-state index contributed by atoms with van der Waals surface area (Å²) in [4.78, 5) is 16.3. The second-order valence-corrected chi connectivity index (χ2v) is 9.02. The van der Waals surface area contributed by atoms with Crippen LogP contribution in [0.5, 0.6) is 0 Å². The zero-order valence-corrected chi connectivity index (χ0v) is 17.4. The maximum absolute atomic E-state index is 12.7. The molecule has 2 aromatic rings. The van der Waals surface area contributed by atoms with Crippen LogP contribution >= 0.6 is 0 Å². The van der Waals surface area contributed by atoms with Crippen molar-refractivity contribution in [3.63, 3.8) is 0 Å². The molecule has 28 heavy (non-hydrogen) atoms. The van der Waals surface area contributed by atoms with Gasteiger partial charge in [0.2, 0.25) is 10.0 Å². The van der Waals surface area contributed by atoms with Gasteiger partial charge in [-0.25, -0.2) is 8.42 Å². The van der Waals surface area contributed by atoms with Crippen LogP contribution in [0.4, 0.5) is 0 Å². The highest BCUT2D eigenvalue weighted by Crippen LogP contribution is 2.25. The lowest BCUT2D eigenvalue weighted by Crippen LogP contribution is -2.49. The number of pyridine rings is 1. The molecule has 0 spiro atoms. The molecule has 1 fully saturated rings. The second kappa shape index (κ2) is 8.11. The van der Waals surface area contributed by atoms with Crippen LogP contribution in [0.3, 0.4) is 0 Å². The minimum Gasteiger partial charge on any atom is -0.383 e. The average molecular weight is 411 g/mol. The molecule has 2 aromatic heterocycles. The normalized spacial score (nSPS) is 19.2. The SMILES string of the molecule is COCCN(C)C(=O)c1ccc2nnc(C3CN(S(C)(=O)=O)CCN3C)n2c1. The molecule has 0 N–H and O–H groups in total. The number of aromatic nitrogens is 3. The third-order valence-corrected chi connectivity index (χ3v) is 6.30. The van der Waals surface area contributed by atoms with Crippen LogP contribution in [0.25, 0.3) is 5.65 Å². The summed E-state index contributed by atoms with van der Waals surface area (Å²) in [5.41, 5.74) is 1.11. The first kappa shape index (κ1) is 20.6. The Morgan fingerprint density at radius 1 is 1.32 bits per heavy atom. The van der Waals surface area contributed by atoms with Gasteiger partial charge in [-0.05, 0) is 19.2 Å². The Morgan fingerprint density at radius 3 is 2.75 bits per heavy atom. The lowest BCUT2D eigenvalue weighted by atomic mass is 10.2. The number of piperazine rings is 1. The second-order valence-electron chi connectivity index (χ2n) is 7.04. The van der Waals surface area contributed by atoms with Crippen molar-refractivity contribution >= 4 is 21.6 Å². The summed E-state index contributed by atoms with van der Waals surface area (Å²) in [6.07, 6.45) is 2.92. The molecule has 11 heteroatoms. The molecule has 0 aromatic carbocycles. The van der Waals surface area contributed by atoms with E-state index < -0.39 is 10.0 Å². The van der Waals surface area contributed by atoms with Gasteiger partial charge in [-0.2, -0.15) is 4.31 Å². The van der Waals surface area contributed by atoms with E-state index in [-0.39, 0.29) is 11.9 Å².